The van der Waals surface area contributed by atoms with E-state index in [2.05, 4.69) is 38.6 Å². The van der Waals surface area contributed by atoms with Gasteiger partial charge in [0.05, 0.1) is 18.0 Å². The molecule has 1 saturated heterocycles. The molecule has 1 atom stereocenters. The van der Waals surface area contributed by atoms with E-state index < -0.39 is 0 Å². The van der Waals surface area contributed by atoms with Gasteiger partial charge in [0.25, 0.3) is 0 Å². The first-order valence-corrected chi connectivity index (χ1v) is 9.31. The summed E-state index contributed by atoms with van der Waals surface area (Å²) in [6.45, 7) is 7.84. The molecule has 2 aromatic heterocycles. The molecule has 0 spiro atoms. The van der Waals surface area contributed by atoms with E-state index in [4.69, 9.17) is 4.42 Å². The fraction of sp³-hybridized carbons (Fsp3) is 0.579. The zero-order valence-electron chi connectivity index (χ0n) is 16.7. The van der Waals surface area contributed by atoms with E-state index in [1.165, 1.54) is 24.1 Å². The molecule has 0 amide bonds. The van der Waals surface area contributed by atoms with Gasteiger partial charge in [-0.1, -0.05) is 0 Å². The van der Waals surface area contributed by atoms with E-state index in [0.717, 1.165) is 37.0 Å². The number of aliphatic imine (C=N–C) groups is 1. The van der Waals surface area contributed by atoms with Gasteiger partial charge in [-0.2, -0.15) is 5.10 Å². The minimum atomic E-state index is 0. The topological polar surface area (TPSA) is 70.6 Å². The lowest BCUT2D eigenvalue weighted by atomic mass is 10.2. The third kappa shape index (κ3) is 5.25. The highest BCUT2D eigenvalue weighted by molar-refractivity contribution is 14.0. The lowest BCUT2D eigenvalue weighted by Crippen LogP contribution is -2.42. The van der Waals surface area contributed by atoms with Crippen LogP contribution >= 0.6 is 24.0 Å². The van der Waals surface area contributed by atoms with E-state index in [0.29, 0.717) is 6.54 Å². The number of nitrogens with zero attached hydrogens (tertiary/aromatic N) is 4. The number of furan rings is 1. The molecule has 1 unspecified atom stereocenters. The molecular formula is C19H31IN6O. The number of halogens is 1. The number of hydrogen-bond donors (Lipinski definition) is 2. The highest BCUT2D eigenvalue weighted by atomic mass is 127. The highest BCUT2D eigenvalue weighted by Crippen LogP contribution is 2.24. The number of likely N-dealkylation sites (tertiary alicyclic amines) is 1. The predicted molar refractivity (Wildman–Crippen MR) is 119 cm³/mol. The Labute approximate surface area is 178 Å². The van der Waals surface area contributed by atoms with Crippen molar-refractivity contribution in [2.75, 3.05) is 26.7 Å². The number of guanidine groups is 1. The molecule has 3 heterocycles. The third-order valence-electron chi connectivity index (χ3n) is 5.23. The van der Waals surface area contributed by atoms with Gasteiger partial charge < -0.3 is 15.1 Å². The van der Waals surface area contributed by atoms with Crippen LogP contribution in [-0.2, 0) is 13.6 Å². The molecule has 27 heavy (non-hydrogen) atoms. The molecule has 0 bridgehead atoms. The van der Waals surface area contributed by atoms with E-state index in [1.807, 2.05) is 24.7 Å². The second-order valence-corrected chi connectivity index (χ2v) is 6.85. The van der Waals surface area contributed by atoms with Gasteiger partial charge in [0, 0.05) is 38.4 Å². The van der Waals surface area contributed by atoms with Crippen molar-refractivity contribution in [3.05, 3.63) is 41.1 Å². The van der Waals surface area contributed by atoms with Crippen molar-refractivity contribution >= 4 is 29.9 Å². The Kier molecular flexibility index (Phi) is 8.15. The summed E-state index contributed by atoms with van der Waals surface area (Å²) in [5.74, 6) is 1.80. The van der Waals surface area contributed by atoms with Crippen LogP contribution in [0, 0.1) is 13.8 Å². The van der Waals surface area contributed by atoms with Crippen molar-refractivity contribution in [1.82, 2.24) is 25.3 Å². The molecule has 2 aromatic rings. The molecule has 8 heteroatoms. The van der Waals surface area contributed by atoms with Gasteiger partial charge in [0.2, 0.25) is 0 Å². The highest BCUT2D eigenvalue weighted by Gasteiger charge is 2.25. The van der Waals surface area contributed by atoms with E-state index in [9.17, 15) is 0 Å². The van der Waals surface area contributed by atoms with Crippen molar-refractivity contribution in [2.45, 2.75) is 39.3 Å². The summed E-state index contributed by atoms with van der Waals surface area (Å²) in [4.78, 5) is 6.85. The molecule has 0 saturated carbocycles. The van der Waals surface area contributed by atoms with Gasteiger partial charge in [0.15, 0.2) is 5.96 Å². The quantitative estimate of drug-likeness (QED) is 0.374. The average molecular weight is 486 g/mol. The van der Waals surface area contributed by atoms with Crippen molar-refractivity contribution in [3.63, 3.8) is 0 Å². The van der Waals surface area contributed by atoms with E-state index in [1.54, 1.807) is 13.3 Å². The predicted octanol–water partition coefficient (Wildman–Crippen LogP) is 2.75. The maximum Gasteiger partial charge on any atom is 0.191 e. The molecule has 3 rings (SSSR count). The zero-order valence-corrected chi connectivity index (χ0v) is 19.0. The maximum atomic E-state index is 5.68. The van der Waals surface area contributed by atoms with Crippen LogP contribution < -0.4 is 10.6 Å². The number of aryl methyl sites for hydroxylation is 2. The largest absolute Gasteiger partial charge is 0.468 e. The third-order valence-corrected chi connectivity index (χ3v) is 5.23. The molecule has 1 aliphatic rings. The van der Waals surface area contributed by atoms with Gasteiger partial charge in [-0.25, -0.2) is 0 Å². The van der Waals surface area contributed by atoms with Crippen LogP contribution in [0.15, 0.2) is 27.8 Å². The number of rotatable bonds is 6. The summed E-state index contributed by atoms with van der Waals surface area (Å²) in [7, 11) is 3.78. The minimum absolute atomic E-state index is 0. The normalized spacial score (nSPS) is 16.2. The van der Waals surface area contributed by atoms with Gasteiger partial charge in [-0.3, -0.25) is 14.6 Å². The van der Waals surface area contributed by atoms with Crippen LogP contribution in [0.5, 0.6) is 0 Å². The van der Waals surface area contributed by atoms with Crippen molar-refractivity contribution in [1.29, 1.82) is 0 Å². The Morgan fingerprint density at radius 2 is 2.04 bits per heavy atom. The molecule has 1 aliphatic heterocycles. The number of aromatic nitrogens is 2. The summed E-state index contributed by atoms with van der Waals surface area (Å²) in [5, 5.41) is 11.3. The summed E-state index contributed by atoms with van der Waals surface area (Å²) in [5.41, 5.74) is 3.45. The van der Waals surface area contributed by atoms with Gasteiger partial charge in [-0.05, 0) is 51.9 Å². The SMILES string of the molecule is CN=C(NCc1c(C)nn(C)c1C)NCC(c1ccco1)N1CCCC1.I. The van der Waals surface area contributed by atoms with Crippen LogP contribution in [0.2, 0.25) is 0 Å². The summed E-state index contributed by atoms with van der Waals surface area (Å²) >= 11 is 0. The first-order chi connectivity index (χ1) is 12.6. The Hall–Kier alpha value is -1.55. The van der Waals surface area contributed by atoms with Crippen LogP contribution in [0.3, 0.4) is 0 Å². The van der Waals surface area contributed by atoms with Gasteiger partial charge in [-0.15, -0.1) is 24.0 Å². The molecule has 0 aromatic carbocycles. The van der Waals surface area contributed by atoms with E-state index >= 15 is 0 Å². The van der Waals surface area contributed by atoms with Crippen molar-refractivity contribution in [3.8, 4) is 0 Å². The first-order valence-electron chi connectivity index (χ1n) is 9.31. The Bertz CT molecular complexity index is 734. The summed E-state index contributed by atoms with van der Waals surface area (Å²) in [6.07, 6.45) is 4.26. The smallest absolute Gasteiger partial charge is 0.191 e. The lowest BCUT2D eigenvalue weighted by Gasteiger charge is -2.26. The number of nitrogens with one attached hydrogen (secondary N) is 2. The Morgan fingerprint density at radius 3 is 2.59 bits per heavy atom. The van der Waals surface area contributed by atoms with Gasteiger partial charge in [0.1, 0.15) is 5.76 Å². The monoisotopic (exact) mass is 486 g/mol. The van der Waals surface area contributed by atoms with Crippen LogP contribution in [0.4, 0.5) is 0 Å². The van der Waals surface area contributed by atoms with Crippen LogP contribution in [0.25, 0.3) is 0 Å². The minimum Gasteiger partial charge on any atom is -0.468 e. The fourth-order valence-corrected chi connectivity index (χ4v) is 3.60. The van der Waals surface area contributed by atoms with Crippen molar-refractivity contribution in [2.24, 2.45) is 12.0 Å². The molecular weight excluding hydrogens is 455 g/mol. The molecule has 0 radical (unpaired) electrons. The Morgan fingerprint density at radius 1 is 1.30 bits per heavy atom. The average Bonchev–Trinajstić information content (AvgIpc) is 3.37. The second-order valence-electron chi connectivity index (χ2n) is 6.85. The van der Waals surface area contributed by atoms with Crippen LogP contribution in [-0.4, -0.2) is 47.3 Å². The fourth-order valence-electron chi connectivity index (χ4n) is 3.60. The van der Waals surface area contributed by atoms with Gasteiger partial charge >= 0.3 is 0 Å². The molecule has 7 nitrogen and oxygen atoms in total. The van der Waals surface area contributed by atoms with Crippen molar-refractivity contribution < 1.29 is 4.42 Å². The summed E-state index contributed by atoms with van der Waals surface area (Å²) < 4.78 is 7.60. The van der Waals surface area contributed by atoms with Crippen LogP contribution in [0.1, 0.15) is 41.6 Å². The standard InChI is InChI=1S/C19H30N6O.HI/c1-14-16(15(2)24(4)23-14)12-21-19(20-3)22-13-17(18-8-7-11-26-18)25-9-5-6-10-25;/h7-8,11,17H,5-6,9-10,12-13H2,1-4H3,(H2,20,21,22);1H. The molecule has 150 valence electrons. The zero-order chi connectivity index (χ0) is 18.5. The van der Waals surface area contributed by atoms with E-state index in [-0.39, 0.29) is 30.0 Å². The second kappa shape index (κ2) is 10.1. The molecule has 0 aliphatic carbocycles. The maximum absolute atomic E-state index is 5.68. The Balaban J connectivity index is 0.00000261. The lowest BCUT2D eigenvalue weighted by molar-refractivity contribution is 0.215. The number of hydrogen-bond acceptors (Lipinski definition) is 4. The molecule has 2 N–H and O–H groups in total. The summed E-state index contributed by atoms with van der Waals surface area (Å²) in [6, 6.07) is 4.25. The molecule has 1 fully saturated rings. The first kappa shape index (κ1) is 21.7.